The Kier molecular flexibility index (Phi) is 9.03. The van der Waals surface area contributed by atoms with Crippen molar-refractivity contribution in [1.29, 1.82) is 0 Å². The topological polar surface area (TPSA) is 40.5 Å². The predicted octanol–water partition coefficient (Wildman–Crippen LogP) is 0.925. The fraction of sp³-hybridized carbons (Fsp3) is 0.778. The molecular formula is C9H16O2. The number of hydrogen-bond acceptors (Lipinski definition) is 2. The van der Waals surface area contributed by atoms with Gasteiger partial charge in [0.15, 0.2) is 0 Å². The number of hydrogen-bond donors (Lipinski definition) is 2. The van der Waals surface area contributed by atoms with Crippen LogP contribution in [0.1, 0.15) is 32.1 Å². The monoisotopic (exact) mass is 156 g/mol. The van der Waals surface area contributed by atoms with E-state index in [9.17, 15) is 0 Å². The molecule has 0 aliphatic carbocycles. The fourth-order valence-electron chi connectivity index (χ4n) is 0.669. The fourth-order valence-corrected chi connectivity index (χ4v) is 0.669. The summed E-state index contributed by atoms with van der Waals surface area (Å²) < 4.78 is 0. The number of aliphatic hydroxyl groups excluding tert-OH is 2. The normalized spacial score (nSPS) is 8.91. The molecule has 0 radical (unpaired) electrons. The second-order valence-corrected chi connectivity index (χ2v) is 2.36. The maximum atomic E-state index is 8.43. The van der Waals surface area contributed by atoms with Crippen molar-refractivity contribution in [2.24, 2.45) is 0 Å². The van der Waals surface area contributed by atoms with Crippen molar-refractivity contribution < 1.29 is 10.2 Å². The zero-order valence-corrected chi connectivity index (χ0v) is 6.84. The molecule has 0 aromatic heterocycles. The molecule has 0 fully saturated rings. The van der Waals surface area contributed by atoms with E-state index in [0.29, 0.717) is 0 Å². The SMILES string of the molecule is OCCCC#CCCCCO. The Bertz CT molecular complexity index is 121. The summed E-state index contributed by atoms with van der Waals surface area (Å²) in [6.45, 7) is 0.490. The Morgan fingerprint density at radius 1 is 0.727 bits per heavy atom. The first-order chi connectivity index (χ1) is 5.41. The van der Waals surface area contributed by atoms with Crippen molar-refractivity contribution in [1.82, 2.24) is 0 Å². The second-order valence-electron chi connectivity index (χ2n) is 2.36. The molecule has 0 aliphatic heterocycles. The van der Waals surface area contributed by atoms with E-state index in [1.807, 2.05) is 0 Å². The highest BCUT2D eigenvalue weighted by molar-refractivity contribution is 4.98. The highest BCUT2D eigenvalue weighted by Crippen LogP contribution is 1.92. The average molecular weight is 156 g/mol. The Labute approximate surface area is 68.2 Å². The lowest BCUT2D eigenvalue weighted by Gasteiger charge is -1.88. The van der Waals surface area contributed by atoms with Gasteiger partial charge < -0.3 is 10.2 Å². The van der Waals surface area contributed by atoms with E-state index in [1.165, 1.54) is 0 Å². The first-order valence-corrected chi connectivity index (χ1v) is 4.09. The van der Waals surface area contributed by atoms with E-state index in [-0.39, 0.29) is 13.2 Å². The highest BCUT2D eigenvalue weighted by Gasteiger charge is 1.81. The van der Waals surface area contributed by atoms with Gasteiger partial charge in [-0.3, -0.25) is 0 Å². The Morgan fingerprint density at radius 2 is 1.27 bits per heavy atom. The lowest BCUT2D eigenvalue weighted by Crippen LogP contribution is -1.81. The van der Waals surface area contributed by atoms with E-state index >= 15 is 0 Å². The molecule has 0 saturated heterocycles. The van der Waals surface area contributed by atoms with Crippen molar-refractivity contribution >= 4 is 0 Å². The first kappa shape index (κ1) is 10.5. The molecule has 2 heteroatoms. The smallest absolute Gasteiger partial charge is 0.0440 e. The summed E-state index contributed by atoms with van der Waals surface area (Å²) in [4.78, 5) is 0. The molecule has 0 saturated carbocycles. The van der Waals surface area contributed by atoms with Crippen LogP contribution in [-0.4, -0.2) is 23.4 Å². The molecule has 0 heterocycles. The Morgan fingerprint density at radius 3 is 1.82 bits per heavy atom. The van der Waals surface area contributed by atoms with Crippen molar-refractivity contribution in [3.8, 4) is 11.8 Å². The summed E-state index contributed by atoms with van der Waals surface area (Å²) in [6, 6.07) is 0. The average Bonchev–Trinajstić information content (AvgIpc) is 2.03. The third kappa shape index (κ3) is 9.48. The van der Waals surface area contributed by atoms with Crippen molar-refractivity contribution in [2.75, 3.05) is 13.2 Å². The molecule has 0 aliphatic rings. The van der Waals surface area contributed by atoms with E-state index in [0.717, 1.165) is 32.1 Å². The zero-order valence-electron chi connectivity index (χ0n) is 6.84. The molecular weight excluding hydrogens is 140 g/mol. The molecule has 0 aromatic carbocycles. The van der Waals surface area contributed by atoms with Crippen LogP contribution in [0.3, 0.4) is 0 Å². The van der Waals surface area contributed by atoms with Gasteiger partial charge in [0.05, 0.1) is 0 Å². The summed E-state index contributed by atoms with van der Waals surface area (Å²) in [6.07, 6.45) is 4.24. The van der Waals surface area contributed by atoms with Crippen LogP contribution in [0.4, 0.5) is 0 Å². The van der Waals surface area contributed by atoms with Gasteiger partial charge in [0, 0.05) is 26.1 Å². The molecule has 0 spiro atoms. The predicted molar refractivity (Wildman–Crippen MR) is 45.0 cm³/mol. The minimum absolute atomic E-state index is 0.228. The lowest BCUT2D eigenvalue weighted by atomic mass is 10.2. The summed E-state index contributed by atoms with van der Waals surface area (Å²) in [5.41, 5.74) is 0. The third-order valence-electron chi connectivity index (χ3n) is 1.29. The number of rotatable bonds is 5. The maximum absolute atomic E-state index is 8.43. The van der Waals surface area contributed by atoms with Crippen LogP contribution in [-0.2, 0) is 0 Å². The standard InChI is InChI=1S/C9H16O2/c10-8-6-4-2-1-3-5-7-9-11/h10-11H,2,4-9H2. The molecule has 64 valence electrons. The highest BCUT2D eigenvalue weighted by atomic mass is 16.3. The van der Waals surface area contributed by atoms with Gasteiger partial charge in [-0.1, -0.05) is 0 Å². The van der Waals surface area contributed by atoms with E-state index in [1.54, 1.807) is 0 Å². The minimum atomic E-state index is 0.228. The van der Waals surface area contributed by atoms with Gasteiger partial charge in [0.1, 0.15) is 0 Å². The summed E-state index contributed by atoms with van der Waals surface area (Å²) in [7, 11) is 0. The van der Waals surface area contributed by atoms with E-state index < -0.39 is 0 Å². The van der Waals surface area contributed by atoms with Crippen molar-refractivity contribution in [3.63, 3.8) is 0 Å². The van der Waals surface area contributed by atoms with E-state index in [2.05, 4.69) is 11.8 Å². The van der Waals surface area contributed by atoms with Crippen LogP contribution >= 0.6 is 0 Å². The van der Waals surface area contributed by atoms with Gasteiger partial charge in [-0.15, -0.1) is 11.8 Å². The van der Waals surface area contributed by atoms with Crippen LogP contribution in [0.25, 0.3) is 0 Å². The first-order valence-electron chi connectivity index (χ1n) is 4.09. The second kappa shape index (κ2) is 9.48. The number of unbranched alkanes of at least 4 members (excludes halogenated alkanes) is 3. The minimum Gasteiger partial charge on any atom is -0.396 e. The largest absolute Gasteiger partial charge is 0.396 e. The molecule has 2 nitrogen and oxygen atoms in total. The molecule has 11 heavy (non-hydrogen) atoms. The summed E-state index contributed by atoms with van der Waals surface area (Å²) in [5, 5.41) is 16.8. The molecule has 0 unspecified atom stereocenters. The van der Waals surface area contributed by atoms with Gasteiger partial charge in [0.2, 0.25) is 0 Å². The van der Waals surface area contributed by atoms with Gasteiger partial charge in [-0.25, -0.2) is 0 Å². The molecule has 2 N–H and O–H groups in total. The van der Waals surface area contributed by atoms with E-state index in [4.69, 9.17) is 10.2 Å². The molecule has 0 atom stereocenters. The molecule has 0 amide bonds. The molecule has 0 rings (SSSR count). The number of aliphatic hydroxyl groups is 2. The van der Waals surface area contributed by atoms with Gasteiger partial charge in [-0.05, 0) is 19.3 Å². The maximum Gasteiger partial charge on any atom is 0.0440 e. The third-order valence-corrected chi connectivity index (χ3v) is 1.29. The lowest BCUT2D eigenvalue weighted by molar-refractivity contribution is 0.285. The molecule has 0 bridgehead atoms. The van der Waals surface area contributed by atoms with Gasteiger partial charge in [0.25, 0.3) is 0 Å². The van der Waals surface area contributed by atoms with Crippen LogP contribution in [0.5, 0.6) is 0 Å². The zero-order chi connectivity index (χ0) is 8.36. The van der Waals surface area contributed by atoms with Crippen molar-refractivity contribution in [2.45, 2.75) is 32.1 Å². The quantitative estimate of drug-likeness (QED) is 0.459. The van der Waals surface area contributed by atoms with Crippen LogP contribution < -0.4 is 0 Å². The summed E-state index contributed by atoms with van der Waals surface area (Å²) >= 11 is 0. The van der Waals surface area contributed by atoms with Crippen LogP contribution in [0.2, 0.25) is 0 Å². The van der Waals surface area contributed by atoms with Crippen molar-refractivity contribution in [3.05, 3.63) is 0 Å². The van der Waals surface area contributed by atoms with Gasteiger partial charge >= 0.3 is 0 Å². The Balaban J connectivity index is 2.99. The Hall–Kier alpha value is -0.520. The van der Waals surface area contributed by atoms with Crippen LogP contribution in [0.15, 0.2) is 0 Å². The van der Waals surface area contributed by atoms with Gasteiger partial charge in [-0.2, -0.15) is 0 Å². The molecule has 0 aromatic rings. The van der Waals surface area contributed by atoms with Crippen LogP contribution in [0, 0.1) is 11.8 Å². The summed E-state index contributed by atoms with van der Waals surface area (Å²) in [5.74, 6) is 5.94.